The third-order valence-corrected chi connectivity index (χ3v) is 21.0. The van der Waals surface area contributed by atoms with E-state index in [0.717, 1.165) is 12.5 Å². The van der Waals surface area contributed by atoms with Crippen LogP contribution in [0.25, 0.3) is 0 Å². The molecule has 0 bridgehead atoms. The van der Waals surface area contributed by atoms with Crippen molar-refractivity contribution in [2.24, 2.45) is 50.2 Å². The molecule has 8 fully saturated rings. The number of carboxylic acids is 1. The molecule has 4 heterocycles. The van der Waals surface area contributed by atoms with Crippen LogP contribution in [0.5, 0.6) is 0 Å². The van der Waals surface area contributed by atoms with E-state index in [1.807, 2.05) is 6.92 Å². The summed E-state index contributed by atoms with van der Waals surface area (Å²) in [5.74, 6) is -4.50. The first kappa shape index (κ1) is 61.0. The lowest BCUT2D eigenvalue weighted by Crippen LogP contribution is -2.71. The maximum absolute atomic E-state index is 15.4. The van der Waals surface area contributed by atoms with E-state index in [4.69, 9.17) is 42.6 Å². The first-order valence-electron chi connectivity index (χ1n) is 27.7. The minimum atomic E-state index is -1.92. The third kappa shape index (κ3) is 9.82. The minimum Gasteiger partial charge on any atom is -0.481 e. The van der Waals surface area contributed by atoms with Crippen LogP contribution in [0.1, 0.15) is 107 Å². The molecule has 25 heteroatoms. The number of hydrogen-bond donors (Lipinski definition) is 13. The van der Waals surface area contributed by atoms with Gasteiger partial charge in [0, 0.05) is 6.92 Å². The number of aliphatic carboxylic acids is 1. The molecule has 79 heavy (non-hydrogen) atoms. The zero-order chi connectivity index (χ0) is 58.0. The van der Waals surface area contributed by atoms with Crippen LogP contribution >= 0.6 is 0 Å². The fourth-order valence-electron chi connectivity index (χ4n) is 16.4. The summed E-state index contributed by atoms with van der Waals surface area (Å²) in [4.78, 5) is 41.4. The van der Waals surface area contributed by atoms with Crippen LogP contribution in [-0.2, 0) is 57.0 Å². The molecule has 13 N–H and O–H groups in total. The van der Waals surface area contributed by atoms with Gasteiger partial charge in [0.2, 0.25) is 6.29 Å². The molecule has 4 saturated heterocycles. The summed E-state index contributed by atoms with van der Waals surface area (Å²) in [6.07, 6.45) is -29.6. The fraction of sp³-hybridized carbons (Fsp3) is 0.907. The summed E-state index contributed by atoms with van der Waals surface area (Å²) in [5.41, 5.74) is -5.20. The second kappa shape index (κ2) is 21.8. The molecule has 4 saturated carbocycles. The summed E-state index contributed by atoms with van der Waals surface area (Å²) in [5, 5.41) is 143. The molecule has 9 aliphatic rings. The van der Waals surface area contributed by atoms with Gasteiger partial charge < -0.3 is 109 Å². The van der Waals surface area contributed by atoms with Crippen molar-refractivity contribution in [2.75, 3.05) is 19.8 Å². The maximum atomic E-state index is 15.4. The van der Waals surface area contributed by atoms with Crippen molar-refractivity contribution in [3.05, 3.63) is 11.6 Å². The van der Waals surface area contributed by atoms with Crippen molar-refractivity contribution >= 4 is 17.9 Å². The molecular formula is C54H84O25. The summed E-state index contributed by atoms with van der Waals surface area (Å²) >= 11 is 0. The summed E-state index contributed by atoms with van der Waals surface area (Å²) in [6, 6.07) is 0. The lowest BCUT2D eigenvalue weighted by atomic mass is 9.33. The molecule has 0 unspecified atom stereocenters. The Labute approximate surface area is 457 Å². The molecule has 0 spiro atoms. The van der Waals surface area contributed by atoms with Crippen molar-refractivity contribution < 1.29 is 123 Å². The van der Waals surface area contributed by atoms with E-state index in [1.54, 1.807) is 0 Å². The van der Waals surface area contributed by atoms with Gasteiger partial charge in [-0.2, -0.15) is 0 Å². The van der Waals surface area contributed by atoms with Crippen molar-refractivity contribution in [3.63, 3.8) is 0 Å². The van der Waals surface area contributed by atoms with Gasteiger partial charge in [0.25, 0.3) is 0 Å². The summed E-state index contributed by atoms with van der Waals surface area (Å²) in [7, 11) is 0. The molecule has 0 aromatic carbocycles. The maximum Gasteiger partial charge on any atom is 0.317 e. The predicted molar refractivity (Wildman–Crippen MR) is 264 cm³/mol. The van der Waals surface area contributed by atoms with Gasteiger partial charge in [-0.1, -0.05) is 46.3 Å². The molecular weight excluding hydrogens is 1050 g/mol. The average Bonchev–Trinajstić information content (AvgIpc) is 2.15. The molecule has 0 aromatic heterocycles. The molecule has 0 aromatic rings. The Morgan fingerprint density at radius 2 is 1.25 bits per heavy atom. The van der Waals surface area contributed by atoms with Gasteiger partial charge in [-0.05, 0) is 105 Å². The molecule has 4 aliphatic heterocycles. The third-order valence-electron chi connectivity index (χ3n) is 21.0. The Bertz CT molecular complexity index is 2290. The molecule has 29 atom stereocenters. The van der Waals surface area contributed by atoms with Gasteiger partial charge in [0.15, 0.2) is 31.1 Å². The number of aliphatic hydroxyl groups excluding tert-OH is 12. The normalized spacial score (nSPS) is 53.4. The Hall–Kier alpha value is -2.61. The number of aliphatic hydroxyl groups is 12. The number of allylic oxidation sites excluding steroid dienone is 2. The monoisotopic (exact) mass is 1130 g/mol. The SMILES string of the molecule is CC(=O)O[C@@H]1[C@@H](O[C@@H]2OC[C@H](O)[C@H](O)[C@H]2O)[C@@H](O)[C@H](O[C@H]2[C@H](OC(=O)[C@]34CCC(C)(C)C[C@H]3C3=CC[C@@H]5[C@@]6(C)C[C@H](O)[C@H](O[C@@H]7O[C@H](CO)[C@@H](O)[C@H](O)[C@H]7O)[C@@](C)(C(=O)O)[C@@H]6CC[C@@]5(C)[C@]3(C)C[C@H]4O)OC[C@H](O)[C@@H]2O)O[C@H]1C. The average molecular weight is 1130 g/mol. The number of carboxylic acid groups (broad SMARTS) is 1. The fourth-order valence-corrected chi connectivity index (χ4v) is 16.4. The molecule has 9 rings (SSSR count). The molecule has 0 radical (unpaired) electrons. The van der Waals surface area contributed by atoms with Crippen LogP contribution in [0.15, 0.2) is 11.6 Å². The Morgan fingerprint density at radius 3 is 1.90 bits per heavy atom. The number of hydrogen-bond acceptors (Lipinski definition) is 24. The van der Waals surface area contributed by atoms with Crippen LogP contribution in [-0.4, -0.2) is 233 Å². The highest BCUT2D eigenvalue weighted by atomic mass is 16.8. The highest BCUT2D eigenvalue weighted by molar-refractivity contribution is 5.80. The lowest BCUT2D eigenvalue weighted by molar-refractivity contribution is -0.371. The highest BCUT2D eigenvalue weighted by Gasteiger charge is 2.74. The smallest absolute Gasteiger partial charge is 0.317 e. The van der Waals surface area contributed by atoms with Crippen LogP contribution in [0.3, 0.4) is 0 Å². The minimum absolute atomic E-state index is 0.0537. The van der Waals surface area contributed by atoms with Gasteiger partial charge in [-0.3, -0.25) is 14.4 Å². The highest BCUT2D eigenvalue weighted by Crippen LogP contribution is 2.76. The molecule has 5 aliphatic carbocycles. The standard InChI is InChI=1S/C54H84O25/c1-21-39(74-22(2)56)40(76-43-36(65)32(61)26(58)19-71-43)38(67)45(73-21)77-41-33(62)27(59)20-72-46(41)79-48(70)54-14-13-49(3,4)15-24(54)23-9-10-29-50(5)16-25(57)42(78-44-37(66)35(64)34(63)28(18-55)75-44)53(8,47(68)69)30(50)11-12-51(29,6)52(23,7)17-31(54)60/h9,21,24-46,55,57-67H,10-20H2,1-8H3,(H,68,69)/t21-,24-,25-,26-,27-,28+,29+,30+,31+,32-,33-,34+,35-,36+,37+,38+,39-,40-,41+,42-,43-,44-,45-,46-,50+,51+,52+,53-,54+/m0/s1. The molecule has 0 amide bonds. The van der Waals surface area contributed by atoms with Crippen molar-refractivity contribution in [1.29, 1.82) is 0 Å². The quantitative estimate of drug-likeness (QED) is 0.0596. The van der Waals surface area contributed by atoms with Crippen LogP contribution in [0.2, 0.25) is 0 Å². The van der Waals surface area contributed by atoms with Gasteiger partial charge in [-0.25, -0.2) is 0 Å². The number of rotatable bonds is 11. The summed E-state index contributed by atoms with van der Waals surface area (Å²) in [6.45, 7) is 12.7. The van der Waals surface area contributed by atoms with E-state index in [-0.39, 0.29) is 30.6 Å². The first-order chi connectivity index (χ1) is 36.8. The van der Waals surface area contributed by atoms with Crippen molar-refractivity contribution in [1.82, 2.24) is 0 Å². The predicted octanol–water partition coefficient (Wildman–Crippen LogP) is -2.15. The lowest BCUT2D eigenvalue weighted by Gasteiger charge is -2.71. The van der Waals surface area contributed by atoms with Crippen LogP contribution in [0, 0.1) is 50.2 Å². The van der Waals surface area contributed by atoms with Gasteiger partial charge in [0.1, 0.15) is 78.7 Å². The van der Waals surface area contributed by atoms with Gasteiger partial charge in [-0.15, -0.1) is 0 Å². The largest absolute Gasteiger partial charge is 0.481 e. The van der Waals surface area contributed by atoms with Crippen molar-refractivity contribution in [3.8, 4) is 0 Å². The number of esters is 2. The van der Waals surface area contributed by atoms with Gasteiger partial charge in [0.05, 0.1) is 43.5 Å². The first-order valence-corrected chi connectivity index (χ1v) is 27.7. The topological polar surface area (TPSA) is 397 Å². The van der Waals surface area contributed by atoms with Crippen LogP contribution in [0.4, 0.5) is 0 Å². The summed E-state index contributed by atoms with van der Waals surface area (Å²) < 4.78 is 52.9. The van der Waals surface area contributed by atoms with Crippen molar-refractivity contribution in [2.45, 2.75) is 236 Å². The van der Waals surface area contributed by atoms with E-state index >= 15 is 4.79 Å². The van der Waals surface area contributed by atoms with E-state index in [0.29, 0.717) is 32.1 Å². The zero-order valence-corrected chi connectivity index (χ0v) is 45.9. The second-order valence-corrected chi connectivity index (χ2v) is 26.0. The van der Waals surface area contributed by atoms with E-state index in [2.05, 4.69) is 33.8 Å². The number of carbonyl (C=O) groups excluding carboxylic acids is 2. The Morgan fingerprint density at radius 1 is 0.633 bits per heavy atom. The Balaban J connectivity index is 0.992. The Kier molecular flexibility index (Phi) is 16.8. The number of carbonyl (C=O) groups is 3. The van der Waals surface area contributed by atoms with E-state index < -0.39 is 206 Å². The van der Waals surface area contributed by atoms with Crippen LogP contribution < -0.4 is 0 Å². The van der Waals surface area contributed by atoms with Gasteiger partial charge >= 0.3 is 17.9 Å². The van der Waals surface area contributed by atoms with E-state index in [9.17, 15) is 76.0 Å². The van der Waals surface area contributed by atoms with E-state index in [1.165, 1.54) is 13.8 Å². The molecule has 450 valence electrons. The molecule has 25 nitrogen and oxygen atoms in total. The zero-order valence-electron chi connectivity index (χ0n) is 45.9. The second-order valence-electron chi connectivity index (χ2n) is 26.0. The number of ether oxygens (including phenoxy) is 9. The number of fused-ring (bicyclic) bond motifs is 7.